The fraction of sp³-hybridized carbons (Fsp3) is 0.435. The van der Waals surface area contributed by atoms with Gasteiger partial charge in [0, 0.05) is 37.3 Å². The lowest BCUT2D eigenvalue weighted by Gasteiger charge is -2.34. The monoisotopic (exact) mass is 488 g/mol. The zero-order valence-corrected chi connectivity index (χ0v) is 20.1. The van der Waals surface area contributed by atoms with Crippen LogP contribution in [0.4, 0.5) is 5.69 Å². The minimum absolute atomic E-state index is 0.0577. The molecule has 1 fully saturated rings. The standard InChI is InChI=1S/C23H25ClN4O4S/c1-23(2)13-26-22-21(29)18-10-17(6-7-19(18)27(22)14-23)33(30,31)28-9-3-4-16(28)12-32-20-8-5-15(24)11-25-20/h5-8,10-11,16H,3-4,9,12-14H2,1-2H3/t16-/m0/s1. The first kappa shape index (κ1) is 22.3. The summed E-state index contributed by atoms with van der Waals surface area (Å²) in [6, 6.07) is 7.83. The molecule has 4 heterocycles. The molecule has 8 nitrogen and oxygen atoms in total. The van der Waals surface area contributed by atoms with Crippen LogP contribution in [0.1, 0.15) is 37.0 Å². The van der Waals surface area contributed by atoms with Gasteiger partial charge in [0.15, 0.2) is 5.84 Å². The van der Waals surface area contributed by atoms with Crippen molar-refractivity contribution in [3.8, 4) is 5.88 Å². The fourth-order valence-electron chi connectivity index (χ4n) is 4.59. The molecule has 1 aromatic heterocycles. The Morgan fingerprint density at radius 3 is 2.82 bits per heavy atom. The molecule has 1 aromatic carbocycles. The number of aromatic nitrogens is 1. The van der Waals surface area contributed by atoms with Gasteiger partial charge in [-0.25, -0.2) is 13.4 Å². The van der Waals surface area contributed by atoms with E-state index < -0.39 is 10.0 Å². The number of rotatable bonds is 5. The summed E-state index contributed by atoms with van der Waals surface area (Å²) in [5.74, 6) is 0.585. The van der Waals surface area contributed by atoms with Crippen molar-refractivity contribution in [1.29, 1.82) is 0 Å². The normalized spacial score (nSPS) is 22.2. The predicted molar refractivity (Wildman–Crippen MR) is 126 cm³/mol. The smallest absolute Gasteiger partial charge is 0.243 e. The highest BCUT2D eigenvalue weighted by Crippen LogP contribution is 2.37. The van der Waals surface area contributed by atoms with Crippen LogP contribution in [0, 0.1) is 5.41 Å². The van der Waals surface area contributed by atoms with Gasteiger partial charge in [-0.3, -0.25) is 9.79 Å². The first-order valence-corrected chi connectivity index (χ1v) is 12.7. The minimum atomic E-state index is -3.80. The first-order chi connectivity index (χ1) is 15.7. The number of amidine groups is 1. The summed E-state index contributed by atoms with van der Waals surface area (Å²) in [6.07, 6.45) is 2.92. The molecule has 174 valence electrons. The van der Waals surface area contributed by atoms with Gasteiger partial charge >= 0.3 is 0 Å². The Labute approximate surface area is 198 Å². The maximum absolute atomic E-state index is 13.5. The zero-order chi connectivity index (χ0) is 23.4. The number of benzene rings is 1. The Morgan fingerprint density at radius 1 is 1.24 bits per heavy atom. The molecule has 33 heavy (non-hydrogen) atoms. The van der Waals surface area contributed by atoms with Crippen molar-refractivity contribution in [3.05, 3.63) is 47.1 Å². The lowest BCUT2D eigenvalue weighted by atomic mass is 9.91. The van der Waals surface area contributed by atoms with Gasteiger partial charge in [0.2, 0.25) is 21.7 Å². The van der Waals surface area contributed by atoms with Gasteiger partial charge in [-0.2, -0.15) is 4.31 Å². The maximum atomic E-state index is 13.5. The number of carbonyl (C=O) groups excluding carboxylic acids is 1. The Kier molecular flexibility index (Phi) is 5.46. The zero-order valence-electron chi connectivity index (χ0n) is 18.5. The van der Waals surface area contributed by atoms with Crippen LogP contribution >= 0.6 is 11.6 Å². The molecule has 2 aromatic rings. The summed E-state index contributed by atoms with van der Waals surface area (Å²) in [4.78, 5) is 23.6. The van der Waals surface area contributed by atoms with E-state index in [0.29, 0.717) is 48.4 Å². The molecule has 0 amide bonds. The number of ketones is 1. The number of carbonyl (C=O) groups is 1. The van der Waals surface area contributed by atoms with E-state index in [1.165, 1.54) is 16.6 Å². The van der Waals surface area contributed by atoms with Crippen LogP contribution in [0.3, 0.4) is 0 Å². The van der Waals surface area contributed by atoms with E-state index in [1.807, 2.05) is 4.90 Å². The van der Waals surface area contributed by atoms with Crippen LogP contribution in [0.5, 0.6) is 5.88 Å². The molecule has 0 aliphatic carbocycles. The van der Waals surface area contributed by atoms with Crippen molar-refractivity contribution < 1.29 is 17.9 Å². The second-order valence-corrected chi connectivity index (χ2v) is 11.8. The van der Waals surface area contributed by atoms with Crippen LogP contribution in [-0.4, -0.2) is 61.6 Å². The highest BCUT2D eigenvalue weighted by molar-refractivity contribution is 7.89. The van der Waals surface area contributed by atoms with Crippen LogP contribution in [0.2, 0.25) is 5.02 Å². The van der Waals surface area contributed by atoms with E-state index in [4.69, 9.17) is 16.3 Å². The van der Waals surface area contributed by atoms with Crippen molar-refractivity contribution in [3.63, 3.8) is 0 Å². The first-order valence-electron chi connectivity index (χ1n) is 10.9. The van der Waals surface area contributed by atoms with Gasteiger partial charge in [0.05, 0.1) is 27.2 Å². The fourth-order valence-corrected chi connectivity index (χ4v) is 6.41. The third kappa shape index (κ3) is 4.02. The molecule has 1 atom stereocenters. The SMILES string of the molecule is CC1(C)CN=C2C(=O)c3cc(S(=O)(=O)N4CCC[C@H]4COc4ccc(Cl)cn4)ccc3N2C1. The highest BCUT2D eigenvalue weighted by atomic mass is 35.5. The molecule has 3 aliphatic heterocycles. The molecule has 0 spiro atoms. The van der Waals surface area contributed by atoms with Crippen molar-refractivity contribution in [2.45, 2.75) is 37.6 Å². The van der Waals surface area contributed by atoms with Gasteiger partial charge in [-0.05, 0) is 37.1 Å². The Hall–Kier alpha value is -2.49. The lowest BCUT2D eigenvalue weighted by molar-refractivity contribution is 0.106. The molecule has 10 heteroatoms. The second-order valence-electron chi connectivity index (χ2n) is 9.44. The molecule has 0 saturated carbocycles. The average molecular weight is 489 g/mol. The average Bonchev–Trinajstić information content (AvgIpc) is 3.36. The summed E-state index contributed by atoms with van der Waals surface area (Å²) in [6.45, 7) is 6.04. The number of fused-ring (bicyclic) bond motifs is 3. The van der Waals surface area contributed by atoms with Crippen LogP contribution in [0.15, 0.2) is 46.4 Å². The number of Topliss-reactive ketones (excluding diaryl/α,β-unsaturated/α-hetero) is 1. The van der Waals surface area contributed by atoms with Gasteiger partial charge < -0.3 is 9.64 Å². The van der Waals surface area contributed by atoms with E-state index >= 15 is 0 Å². The van der Waals surface area contributed by atoms with Crippen LogP contribution in [0.25, 0.3) is 0 Å². The topological polar surface area (TPSA) is 92.2 Å². The Balaban J connectivity index is 1.38. The van der Waals surface area contributed by atoms with Crippen molar-refractivity contribution in [1.82, 2.24) is 9.29 Å². The number of halogens is 1. The molecule has 3 aliphatic rings. The maximum Gasteiger partial charge on any atom is 0.243 e. The largest absolute Gasteiger partial charge is 0.476 e. The molecule has 0 radical (unpaired) electrons. The number of anilines is 1. The van der Waals surface area contributed by atoms with Gasteiger partial charge in [0.1, 0.15) is 6.61 Å². The van der Waals surface area contributed by atoms with Crippen molar-refractivity contribution in [2.75, 3.05) is 31.1 Å². The van der Waals surface area contributed by atoms with Gasteiger partial charge in [-0.15, -0.1) is 0 Å². The van der Waals surface area contributed by atoms with E-state index in [9.17, 15) is 13.2 Å². The summed E-state index contributed by atoms with van der Waals surface area (Å²) >= 11 is 5.85. The second kappa shape index (κ2) is 8.07. The van der Waals surface area contributed by atoms with E-state index in [-0.39, 0.29) is 28.7 Å². The Morgan fingerprint density at radius 2 is 2.06 bits per heavy atom. The Bertz CT molecular complexity index is 1240. The quantitative estimate of drug-likeness (QED) is 0.640. The number of hydrogen-bond donors (Lipinski definition) is 0. The highest BCUT2D eigenvalue weighted by Gasteiger charge is 2.42. The molecule has 1 saturated heterocycles. The number of hydrogen-bond acceptors (Lipinski definition) is 7. The summed E-state index contributed by atoms with van der Waals surface area (Å²) in [5.41, 5.74) is 1.06. The number of aliphatic imine (C=N–C) groups is 1. The summed E-state index contributed by atoms with van der Waals surface area (Å²) in [5, 5.41) is 0.504. The lowest BCUT2D eigenvalue weighted by Crippen LogP contribution is -2.44. The molecular weight excluding hydrogens is 464 g/mol. The number of pyridine rings is 1. The van der Waals surface area contributed by atoms with E-state index in [2.05, 4.69) is 23.8 Å². The molecule has 5 rings (SSSR count). The number of sulfonamides is 1. The molecule has 0 unspecified atom stereocenters. The summed E-state index contributed by atoms with van der Waals surface area (Å²) in [7, 11) is -3.80. The molecular formula is C23H25ClN4O4S. The molecule has 0 bridgehead atoms. The number of nitrogens with zero attached hydrogens (tertiary/aromatic N) is 4. The van der Waals surface area contributed by atoms with E-state index in [1.54, 1.807) is 24.3 Å². The van der Waals surface area contributed by atoms with Crippen molar-refractivity contribution in [2.24, 2.45) is 10.4 Å². The minimum Gasteiger partial charge on any atom is -0.476 e. The third-order valence-corrected chi connectivity index (χ3v) is 8.43. The van der Waals surface area contributed by atoms with Crippen LogP contribution in [-0.2, 0) is 10.0 Å². The molecule has 0 N–H and O–H groups in total. The van der Waals surface area contributed by atoms with Crippen LogP contribution < -0.4 is 9.64 Å². The summed E-state index contributed by atoms with van der Waals surface area (Å²) < 4.78 is 34.2. The van der Waals surface area contributed by atoms with Gasteiger partial charge in [-0.1, -0.05) is 25.4 Å². The number of ether oxygens (including phenoxy) is 1. The van der Waals surface area contributed by atoms with E-state index in [0.717, 1.165) is 12.1 Å². The third-order valence-electron chi connectivity index (χ3n) is 6.26. The van der Waals surface area contributed by atoms with Gasteiger partial charge in [0.25, 0.3) is 0 Å². The predicted octanol–water partition coefficient (Wildman–Crippen LogP) is 3.41. The van der Waals surface area contributed by atoms with Crippen molar-refractivity contribution >= 4 is 38.9 Å².